The first kappa shape index (κ1) is 14.7. The first-order valence-corrected chi connectivity index (χ1v) is 6.48. The van der Waals surface area contributed by atoms with Gasteiger partial charge in [0.2, 0.25) is 5.91 Å². The van der Waals surface area contributed by atoms with Gasteiger partial charge in [0.1, 0.15) is 6.54 Å². The summed E-state index contributed by atoms with van der Waals surface area (Å²) in [6, 6.07) is 0.174. The maximum Gasteiger partial charge on any atom is 0.240 e. The Morgan fingerprint density at radius 1 is 1.39 bits per heavy atom. The number of nitrogens with one attached hydrogen (secondary N) is 2. The molecule has 1 aromatic heterocycles. The number of nitrogens with zero attached hydrogens (tertiary/aromatic N) is 2. The van der Waals surface area contributed by atoms with E-state index in [4.69, 9.17) is 0 Å². The fourth-order valence-corrected chi connectivity index (χ4v) is 1.61. The van der Waals surface area contributed by atoms with Crippen LogP contribution < -0.4 is 10.6 Å². The third-order valence-corrected chi connectivity index (χ3v) is 2.32. The van der Waals surface area contributed by atoms with Crippen molar-refractivity contribution in [2.45, 2.75) is 46.8 Å². The molecule has 0 saturated carbocycles. The molecule has 0 aliphatic rings. The Morgan fingerprint density at radius 2 is 2.11 bits per heavy atom. The normalized spacial score (nSPS) is 11.2. The Bertz CT molecular complexity index is 371. The van der Waals surface area contributed by atoms with Gasteiger partial charge < -0.3 is 15.2 Å². The Morgan fingerprint density at radius 3 is 2.72 bits per heavy atom. The van der Waals surface area contributed by atoms with E-state index >= 15 is 0 Å². The van der Waals surface area contributed by atoms with Crippen LogP contribution in [0.5, 0.6) is 0 Å². The molecule has 18 heavy (non-hydrogen) atoms. The number of carbonyl (C=O) groups is 1. The summed E-state index contributed by atoms with van der Waals surface area (Å²) in [6.07, 6.45) is 3.61. The van der Waals surface area contributed by atoms with Gasteiger partial charge in [-0.05, 0) is 26.3 Å². The minimum atomic E-state index is 0.0177. The van der Waals surface area contributed by atoms with Crippen molar-refractivity contribution in [3.05, 3.63) is 18.2 Å². The first-order chi connectivity index (χ1) is 8.47. The number of amides is 1. The van der Waals surface area contributed by atoms with Crippen molar-refractivity contribution in [3.63, 3.8) is 0 Å². The summed E-state index contributed by atoms with van der Waals surface area (Å²) in [4.78, 5) is 15.8. The van der Waals surface area contributed by atoms with Crippen molar-refractivity contribution in [2.24, 2.45) is 5.92 Å². The first-order valence-electron chi connectivity index (χ1n) is 6.48. The largest absolute Gasteiger partial charge is 0.352 e. The molecule has 5 nitrogen and oxygen atoms in total. The Balaban J connectivity index is 2.36. The highest BCUT2D eigenvalue weighted by atomic mass is 16.2. The molecule has 1 rings (SSSR count). The average molecular weight is 252 g/mol. The van der Waals surface area contributed by atoms with Gasteiger partial charge in [0, 0.05) is 18.8 Å². The van der Waals surface area contributed by atoms with Crippen molar-refractivity contribution in [2.75, 3.05) is 6.54 Å². The van der Waals surface area contributed by atoms with E-state index in [0.29, 0.717) is 12.5 Å². The van der Waals surface area contributed by atoms with E-state index in [2.05, 4.69) is 29.5 Å². The molecule has 0 bridgehead atoms. The second-order valence-corrected chi connectivity index (χ2v) is 5.28. The van der Waals surface area contributed by atoms with Crippen molar-refractivity contribution < 1.29 is 4.79 Å². The van der Waals surface area contributed by atoms with E-state index in [1.807, 2.05) is 24.6 Å². The molecule has 0 fully saturated rings. The van der Waals surface area contributed by atoms with E-state index in [0.717, 1.165) is 18.8 Å². The summed E-state index contributed by atoms with van der Waals surface area (Å²) >= 11 is 0. The van der Waals surface area contributed by atoms with Crippen LogP contribution in [0, 0.1) is 5.92 Å². The zero-order valence-corrected chi connectivity index (χ0v) is 11.7. The predicted molar refractivity (Wildman–Crippen MR) is 72.1 cm³/mol. The lowest BCUT2D eigenvalue weighted by Gasteiger charge is -2.08. The lowest BCUT2D eigenvalue weighted by atomic mass is 10.2. The molecule has 2 N–H and O–H groups in total. The minimum Gasteiger partial charge on any atom is -0.352 e. The molecule has 5 heteroatoms. The highest BCUT2D eigenvalue weighted by Gasteiger charge is 2.05. The lowest BCUT2D eigenvalue weighted by molar-refractivity contribution is -0.122. The summed E-state index contributed by atoms with van der Waals surface area (Å²) < 4.78 is 1.81. The van der Waals surface area contributed by atoms with E-state index in [1.165, 1.54) is 0 Å². The second kappa shape index (κ2) is 7.16. The van der Waals surface area contributed by atoms with Gasteiger partial charge in [-0.1, -0.05) is 13.8 Å². The monoisotopic (exact) mass is 252 g/mol. The molecule has 0 radical (unpaired) electrons. The molecule has 0 spiro atoms. The highest BCUT2D eigenvalue weighted by molar-refractivity contribution is 5.75. The molecule has 0 unspecified atom stereocenters. The number of aromatic nitrogens is 2. The van der Waals surface area contributed by atoms with Gasteiger partial charge in [-0.3, -0.25) is 4.79 Å². The van der Waals surface area contributed by atoms with Gasteiger partial charge in [0.15, 0.2) is 0 Å². The van der Waals surface area contributed by atoms with Crippen molar-refractivity contribution in [1.82, 2.24) is 20.2 Å². The van der Waals surface area contributed by atoms with Crippen LogP contribution in [0.1, 0.15) is 33.4 Å². The fraction of sp³-hybridized carbons (Fsp3) is 0.692. The summed E-state index contributed by atoms with van der Waals surface area (Å²) in [7, 11) is 0. The van der Waals surface area contributed by atoms with Gasteiger partial charge in [-0.25, -0.2) is 4.98 Å². The smallest absolute Gasteiger partial charge is 0.240 e. The van der Waals surface area contributed by atoms with Crippen LogP contribution in [-0.4, -0.2) is 28.0 Å². The Hall–Kier alpha value is -1.36. The van der Waals surface area contributed by atoms with Gasteiger partial charge in [-0.15, -0.1) is 0 Å². The molecule has 102 valence electrons. The van der Waals surface area contributed by atoms with Crippen molar-refractivity contribution >= 4 is 5.91 Å². The van der Waals surface area contributed by atoms with E-state index in [-0.39, 0.29) is 11.9 Å². The van der Waals surface area contributed by atoms with Crippen LogP contribution in [0.3, 0.4) is 0 Å². The molecule has 0 aromatic carbocycles. The van der Waals surface area contributed by atoms with Crippen LogP contribution in [0.2, 0.25) is 0 Å². The van der Waals surface area contributed by atoms with Gasteiger partial charge in [-0.2, -0.15) is 0 Å². The molecule has 1 aromatic rings. The topological polar surface area (TPSA) is 59.0 Å². The van der Waals surface area contributed by atoms with Gasteiger partial charge in [0.25, 0.3) is 0 Å². The predicted octanol–water partition coefficient (Wildman–Crippen LogP) is 1.15. The zero-order valence-electron chi connectivity index (χ0n) is 11.7. The maximum absolute atomic E-state index is 11.6. The minimum absolute atomic E-state index is 0.0177. The summed E-state index contributed by atoms with van der Waals surface area (Å²) in [5.74, 6) is 0.646. The van der Waals surface area contributed by atoms with Crippen LogP contribution in [0.4, 0.5) is 0 Å². The summed E-state index contributed by atoms with van der Waals surface area (Å²) in [6.45, 7) is 10.3. The number of imidazole rings is 1. The van der Waals surface area contributed by atoms with Gasteiger partial charge >= 0.3 is 0 Å². The van der Waals surface area contributed by atoms with Crippen molar-refractivity contribution in [3.8, 4) is 0 Å². The molecule has 1 heterocycles. The number of hydrogen-bond donors (Lipinski definition) is 2. The maximum atomic E-state index is 11.6. The van der Waals surface area contributed by atoms with Crippen LogP contribution in [-0.2, 0) is 17.9 Å². The number of rotatable bonds is 7. The van der Waals surface area contributed by atoms with E-state index in [1.54, 1.807) is 6.33 Å². The quantitative estimate of drug-likeness (QED) is 0.765. The number of carbonyl (C=O) groups excluding carboxylic acids is 1. The SMILES string of the molecule is CC(C)CNCc1cn(CC(=O)NC(C)C)cn1. The van der Waals surface area contributed by atoms with E-state index < -0.39 is 0 Å². The standard InChI is InChI=1S/C13H24N4O/c1-10(2)5-14-6-12-7-17(9-15-12)8-13(18)16-11(3)4/h7,9-11,14H,5-6,8H2,1-4H3,(H,16,18). The van der Waals surface area contributed by atoms with Crippen LogP contribution >= 0.6 is 0 Å². The highest BCUT2D eigenvalue weighted by Crippen LogP contribution is 1.97. The fourth-order valence-electron chi connectivity index (χ4n) is 1.61. The molecule has 0 aliphatic carbocycles. The third kappa shape index (κ3) is 5.82. The van der Waals surface area contributed by atoms with Crippen LogP contribution in [0.15, 0.2) is 12.5 Å². The van der Waals surface area contributed by atoms with E-state index in [9.17, 15) is 4.79 Å². The Kier molecular flexibility index (Phi) is 5.85. The molecular weight excluding hydrogens is 228 g/mol. The lowest BCUT2D eigenvalue weighted by Crippen LogP contribution is -2.32. The molecule has 0 atom stereocenters. The number of hydrogen-bond acceptors (Lipinski definition) is 3. The van der Waals surface area contributed by atoms with Crippen LogP contribution in [0.25, 0.3) is 0 Å². The molecular formula is C13H24N4O. The Labute approximate surface area is 109 Å². The zero-order chi connectivity index (χ0) is 13.5. The summed E-state index contributed by atoms with van der Waals surface area (Å²) in [5.41, 5.74) is 0.966. The average Bonchev–Trinajstić information content (AvgIpc) is 2.63. The molecule has 0 saturated heterocycles. The van der Waals surface area contributed by atoms with Crippen molar-refractivity contribution in [1.29, 1.82) is 0 Å². The van der Waals surface area contributed by atoms with Gasteiger partial charge in [0.05, 0.1) is 12.0 Å². The second-order valence-electron chi connectivity index (χ2n) is 5.28. The summed E-state index contributed by atoms with van der Waals surface area (Å²) in [5, 5.41) is 6.18. The molecule has 1 amide bonds. The third-order valence-electron chi connectivity index (χ3n) is 2.32. The molecule has 0 aliphatic heterocycles.